The molecule has 1 unspecified atom stereocenters. The Morgan fingerprint density at radius 2 is 2.14 bits per heavy atom. The number of hydrogen-bond donors (Lipinski definition) is 1. The molecule has 0 aliphatic rings. The number of rotatable bonds is 9. The molecular formula is C15H25N3O3. The molecule has 0 aromatic carbocycles. The number of carbonyl (C=O) groups is 1. The Morgan fingerprint density at radius 1 is 1.38 bits per heavy atom. The summed E-state index contributed by atoms with van der Waals surface area (Å²) in [4.78, 5) is 18.5. The molecule has 1 rings (SSSR count). The van der Waals surface area contributed by atoms with Gasteiger partial charge in [-0.25, -0.2) is 4.98 Å². The molecular weight excluding hydrogens is 270 g/mol. The number of ether oxygens (including phenoxy) is 2. The molecule has 6 nitrogen and oxygen atoms in total. The van der Waals surface area contributed by atoms with Gasteiger partial charge in [0.25, 0.3) is 5.91 Å². The molecule has 1 N–H and O–H groups in total. The molecule has 1 atom stereocenters. The van der Waals surface area contributed by atoms with E-state index in [1.807, 2.05) is 19.9 Å². The first-order chi connectivity index (χ1) is 10.1. The summed E-state index contributed by atoms with van der Waals surface area (Å²) in [5.74, 6) is -0.111. The van der Waals surface area contributed by atoms with Gasteiger partial charge in [-0.05, 0) is 26.0 Å². The zero-order chi connectivity index (χ0) is 15.7. The SMILES string of the molecule is CCNc1ccc(C(=O)N(CCOC)C(C)COC)nc1. The highest BCUT2D eigenvalue weighted by molar-refractivity contribution is 5.92. The van der Waals surface area contributed by atoms with E-state index in [0.717, 1.165) is 12.2 Å². The largest absolute Gasteiger partial charge is 0.384 e. The smallest absolute Gasteiger partial charge is 0.272 e. The quantitative estimate of drug-likeness (QED) is 0.750. The van der Waals surface area contributed by atoms with E-state index in [0.29, 0.717) is 25.5 Å². The third kappa shape index (κ3) is 5.32. The van der Waals surface area contributed by atoms with Gasteiger partial charge in [0.1, 0.15) is 5.69 Å². The van der Waals surface area contributed by atoms with Crippen LogP contribution < -0.4 is 5.32 Å². The molecule has 1 aromatic heterocycles. The van der Waals surface area contributed by atoms with Crippen LogP contribution in [0.2, 0.25) is 0 Å². The highest BCUT2D eigenvalue weighted by atomic mass is 16.5. The fourth-order valence-corrected chi connectivity index (χ4v) is 2.02. The van der Waals surface area contributed by atoms with Crippen LogP contribution in [-0.2, 0) is 9.47 Å². The van der Waals surface area contributed by atoms with Crippen molar-refractivity contribution in [3.63, 3.8) is 0 Å². The van der Waals surface area contributed by atoms with E-state index in [4.69, 9.17) is 9.47 Å². The normalized spacial score (nSPS) is 12.0. The Bertz CT molecular complexity index is 423. The van der Waals surface area contributed by atoms with Crippen LogP contribution in [0.25, 0.3) is 0 Å². The van der Waals surface area contributed by atoms with Crippen molar-refractivity contribution in [3.8, 4) is 0 Å². The van der Waals surface area contributed by atoms with E-state index in [2.05, 4.69) is 10.3 Å². The maximum absolute atomic E-state index is 12.6. The standard InChI is InChI=1S/C15H25N3O3/c1-5-16-13-6-7-14(17-10-13)15(19)18(8-9-20-3)12(2)11-21-4/h6-7,10,12,16H,5,8-9,11H2,1-4H3. The maximum Gasteiger partial charge on any atom is 0.272 e. The number of methoxy groups -OCH3 is 2. The number of carbonyl (C=O) groups excluding carboxylic acids is 1. The van der Waals surface area contributed by atoms with Crippen LogP contribution in [0.15, 0.2) is 18.3 Å². The van der Waals surface area contributed by atoms with Crippen LogP contribution in [0.4, 0.5) is 5.69 Å². The predicted octanol–water partition coefficient (Wildman–Crippen LogP) is 1.64. The molecule has 1 amide bonds. The summed E-state index contributed by atoms with van der Waals surface area (Å²) in [5.41, 5.74) is 1.33. The maximum atomic E-state index is 12.6. The molecule has 0 saturated carbocycles. The van der Waals surface area contributed by atoms with Gasteiger partial charge in [-0.2, -0.15) is 0 Å². The number of hydrogen-bond acceptors (Lipinski definition) is 5. The predicted molar refractivity (Wildman–Crippen MR) is 82.7 cm³/mol. The minimum atomic E-state index is -0.111. The fraction of sp³-hybridized carbons (Fsp3) is 0.600. The number of nitrogens with zero attached hydrogens (tertiary/aromatic N) is 2. The molecule has 0 radical (unpaired) electrons. The second-order valence-corrected chi connectivity index (χ2v) is 4.76. The average Bonchev–Trinajstić information content (AvgIpc) is 2.49. The molecule has 118 valence electrons. The Kier molecular flexibility index (Phi) is 7.71. The zero-order valence-corrected chi connectivity index (χ0v) is 13.3. The first-order valence-corrected chi connectivity index (χ1v) is 7.12. The molecule has 0 saturated heterocycles. The third-order valence-corrected chi connectivity index (χ3v) is 3.10. The third-order valence-electron chi connectivity index (χ3n) is 3.10. The van der Waals surface area contributed by atoms with Gasteiger partial charge in [0.15, 0.2) is 0 Å². The average molecular weight is 295 g/mol. The van der Waals surface area contributed by atoms with Crippen LogP contribution in [0.5, 0.6) is 0 Å². The summed E-state index contributed by atoms with van der Waals surface area (Å²) < 4.78 is 10.2. The van der Waals surface area contributed by atoms with Gasteiger partial charge < -0.3 is 19.7 Å². The van der Waals surface area contributed by atoms with E-state index in [-0.39, 0.29) is 11.9 Å². The summed E-state index contributed by atoms with van der Waals surface area (Å²) in [7, 11) is 3.24. The van der Waals surface area contributed by atoms with Gasteiger partial charge in [-0.1, -0.05) is 0 Å². The Labute approximate surface area is 126 Å². The summed E-state index contributed by atoms with van der Waals surface area (Å²) >= 11 is 0. The lowest BCUT2D eigenvalue weighted by Gasteiger charge is -2.28. The van der Waals surface area contributed by atoms with Gasteiger partial charge in [-0.15, -0.1) is 0 Å². The second-order valence-electron chi connectivity index (χ2n) is 4.76. The topological polar surface area (TPSA) is 63.7 Å². The van der Waals surface area contributed by atoms with Crippen molar-refractivity contribution in [1.29, 1.82) is 0 Å². The van der Waals surface area contributed by atoms with Crippen LogP contribution in [0.1, 0.15) is 24.3 Å². The molecule has 0 bridgehead atoms. The van der Waals surface area contributed by atoms with E-state index in [1.165, 1.54) is 0 Å². The molecule has 0 fully saturated rings. The summed E-state index contributed by atoms with van der Waals surface area (Å²) in [6, 6.07) is 3.56. The lowest BCUT2D eigenvalue weighted by molar-refractivity contribution is 0.0474. The zero-order valence-electron chi connectivity index (χ0n) is 13.3. The van der Waals surface area contributed by atoms with E-state index in [1.54, 1.807) is 31.4 Å². The van der Waals surface area contributed by atoms with Crippen molar-refractivity contribution >= 4 is 11.6 Å². The van der Waals surface area contributed by atoms with Crippen LogP contribution in [0.3, 0.4) is 0 Å². The molecule has 1 aromatic rings. The number of anilines is 1. The molecule has 0 aliphatic heterocycles. The van der Waals surface area contributed by atoms with Crippen molar-refractivity contribution in [3.05, 3.63) is 24.0 Å². The highest BCUT2D eigenvalue weighted by Gasteiger charge is 2.22. The molecule has 1 heterocycles. The minimum absolute atomic E-state index is 0.0344. The van der Waals surface area contributed by atoms with Crippen LogP contribution in [0, 0.1) is 0 Å². The molecule has 0 aliphatic carbocycles. The molecule has 0 spiro atoms. The lowest BCUT2D eigenvalue weighted by atomic mass is 10.2. The monoisotopic (exact) mass is 295 g/mol. The first kappa shape index (κ1) is 17.4. The van der Waals surface area contributed by atoms with Gasteiger partial charge in [0.2, 0.25) is 0 Å². The number of nitrogens with one attached hydrogen (secondary N) is 1. The van der Waals surface area contributed by atoms with Gasteiger partial charge in [0, 0.05) is 27.3 Å². The Balaban J connectivity index is 2.82. The Morgan fingerprint density at radius 3 is 2.67 bits per heavy atom. The van der Waals surface area contributed by atoms with E-state index < -0.39 is 0 Å². The fourth-order valence-electron chi connectivity index (χ4n) is 2.02. The minimum Gasteiger partial charge on any atom is -0.384 e. The second kappa shape index (κ2) is 9.31. The summed E-state index contributed by atoms with van der Waals surface area (Å²) in [6.45, 7) is 6.25. The first-order valence-electron chi connectivity index (χ1n) is 7.12. The number of aromatic nitrogens is 1. The number of pyridine rings is 1. The van der Waals surface area contributed by atoms with E-state index in [9.17, 15) is 4.79 Å². The lowest BCUT2D eigenvalue weighted by Crippen LogP contribution is -2.43. The Hall–Kier alpha value is -1.66. The van der Waals surface area contributed by atoms with Gasteiger partial charge in [0.05, 0.1) is 31.1 Å². The van der Waals surface area contributed by atoms with Crippen molar-refractivity contribution in [2.45, 2.75) is 19.9 Å². The van der Waals surface area contributed by atoms with Crippen molar-refractivity contribution in [1.82, 2.24) is 9.88 Å². The van der Waals surface area contributed by atoms with Crippen molar-refractivity contribution in [2.24, 2.45) is 0 Å². The number of amides is 1. The van der Waals surface area contributed by atoms with Crippen LogP contribution >= 0.6 is 0 Å². The van der Waals surface area contributed by atoms with Crippen LogP contribution in [-0.4, -0.2) is 62.4 Å². The summed E-state index contributed by atoms with van der Waals surface area (Å²) in [6.07, 6.45) is 1.67. The van der Waals surface area contributed by atoms with Crippen molar-refractivity contribution in [2.75, 3.05) is 45.8 Å². The van der Waals surface area contributed by atoms with Gasteiger partial charge >= 0.3 is 0 Å². The van der Waals surface area contributed by atoms with E-state index >= 15 is 0 Å². The van der Waals surface area contributed by atoms with Crippen molar-refractivity contribution < 1.29 is 14.3 Å². The molecule has 21 heavy (non-hydrogen) atoms. The summed E-state index contributed by atoms with van der Waals surface area (Å²) in [5, 5.41) is 3.15. The van der Waals surface area contributed by atoms with Gasteiger partial charge in [-0.3, -0.25) is 4.79 Å². The molecule has 6 heteroatoms. The highest BCUT2D eigenvalue weighted by Crippen LogP contribution is 2.10.